The monoisotopic (exact) mass is 260 g/mol. The fraction of sp³-hybridized carbons (Fsp3) is 0.455. The fourth-order valence-corrected chi connectivity index (χ4v) is 4.03. The van der Waals surface area contributed by atoms with Crippen LogP contribution in [0, 0.1) is 0 Å². The zero-order valence-electron chi connectivity index (χ0n) is 9.22. The molecule has 0 aliphatic rings. The molecule has 0 aromatic heterocycles. The summed E-state index contributed by atoms with van der Waals surface area (Å²) in [5, 5.41) is 8.75. The molecule has 0 atom stereocenters. The molecule has 16 heavy (non-hydrogen) atoms. The van der Waals surface area contributed by atoms with Crippen molar-refractivity contribution in [1.82, 2.24) is 0 Å². The quantitative estimate of drug-likeness (QED) is 0.794. The second-order valence-corrected chi connectivity index (χ2v) is 6.55. The van der Waals surface area contributed by atoms with Gasteiger partial charge in [-0.1, -0.05) is 19.1 Å². The molecule has 0 bridgehead atoms. The average molecular weight is 260 g/mol. The average Bonchev–Trinajstić information content (AvgIpc) is 2.26. The van der Waals surface area contributed by atoms with Crippen molar-refractivity contribution in [3.8, 4) is 0 Å². The minimum atomic E-state index is -3.17. The van der Waals surface area contributed by atoms with E-state index in [1.54, 1.807) is 18.2 Å². The van der Waals surface area contributed by atoms with Crippen molar-refractivity contribution in [2.24, 2.45) is 0 Å². The highest BCUT2D eigenvalue weighted by Crippen LogP contribution is 2.27. The highest BCUT2D eigenvalue weighted by Gasteiger charge is 2.17. The van der Waals surface area contributed by atoms with Gasteiger partial charge in [0.1, 0.15) is 0 Å². The molecule has 0 amide bonds. The van der Waals surface area contributed by atoms with E-state index in [-0.39, 0.29) is 12.4 Å². The summed E-state index contributed by atoms with van der Waals surface area (Å²) < 4.78 is 23.9. The first kappa shape index (κ1) is 13.5. The normalized spacial score (nSPS) is 11.6. The molecule has 3 nitrogen and oxygen atoms in total. The molecule has 1 aromatic carbocycles. The molecule has 0 spiro atoms. The molecule has 0 radical (unpaired) electrons. The SMILES string of the molecule is CCCS(=O)(=O)c1ccccc1SCCO. The van der Waals surface area contributed by atoms with Crippen LogP contribution in [0.15, 0.2) is 34.1 Å². The standard InChI is InChI=1S/C11H16O3S2/c1-2-9-16(13,14)11-6-4-3-5-10(11)15-8-7-12/h3-6,12H,2,7-9H2,1H3. The van der Waals surface area contributed by atoms with Crippen LogP contribution in [0.5, 0.6) is 0 Å². The molecule has 0 saturated heterocycles. The lowest BCUT2D eigenvalue weighted by Gasteiger charge is -2.08. The van der Waals surface area contributed by atoms with Gasteiger partial charge in [-0.25, -0.2) is 8.42 Å². The van der Waals surface area contributed by atoms with Crippen molar-refractivity contribution in [1.29, 1.82) is 0 Å². The molecule has 0 heterocycles. The number of thioether (sulfide) groups is 1. The van der Waals surface area contributed by atoms with Crippen molar-refractivity contribution >= 4 is 21.6 Å². The Kier molecular flexibility index (Phi) is 5.31. The number of hydrogen-bond acceptors (Lipinski definition) is 4. The Hall–Kier alpha value is -0.520. The third-order valence-electron chi connectivity index (χ3n) is 2.01. The first-order valence-electron chi connectivity index (χ1n) is 5.17. The van der Waals surface area contributed by atoms with Crippen LogP contribution in [0.4, 0.5) is 0 Å². The topological polar surface area (TPSA) is 54.4 Å². The number of aliphatic hydroxyl groups excluding tert-OH is 1. The number of sulfone groups is 1. The van der Waals surface area contributed by atoms with E-state index >= 15 is 0 Å². The second kappa shape index (κ2) is 6.27. The van der Waals surface area contributed by atoms with Crippen LogP contribution in [0.25, 0.3) is 0 Å². The predicted octanol–water partition coefficient (Wildman–Crippen LogP) is 1.95. The van der Waals surface area contributed by atoms with Crippen molar-refractivity contribution in [3.63, 3.8) is 0 Å². The largest absolute Gasteiger partial charge is 0.396 e. The van der Waals surface area contributed by atoms with Crippen LogP contribution < -0.4 is 0 Å². The Labute approximate surface area is 101 Å². The summed E-state index contributed by atoms with van der Waals surface area (Å²) in [6.07, 6.45) is 0.612. The third kappa shape index (κ3) is 3.50. The second-order valence-electron chi connectivity index (χ2n) is 3.34. The van der Waals surface area contributed by atoms with Gasteiger partial charge < -0.3 is 5.11 Å². The van der Waals surface area contributed by atoms with Crippen LogP contribution in [0.3, 0.4) is 0 Å². The van der Waals surface area contributed by atoms with E-state index in [4.69, 9.17) is 5.11 Å². The lowest BCUT2D eigenvalue weighted by atomic mass is 10.4. The van der Waals surface area contributed by atoms with Crippen LogP contribution in [0.2, 0.25) is 0 Å². The molecule has 0 unspecified atom stereocenters. The van der Waals surface area contributed by atoms with Gasteiger partial charge in [0.25, 0.3) is 0 Å². The molecular formula is C11H16O3S2. The fourth-order valence-electron chi connectivity index (χ4n) is 1.36. The number of benzene rings is 1. The van der Waals surface area contributed by atoms with Crippen LogP contribution in [-0.4, -0.2) is 31.6 Å². The maximum absolute atomic E-state index is 11.9. The summed E-state index contributed by atoms with van der Waals surface area (Å²) in [6.45, 7) is 1.90. The van der Waals surface area contributed by atoms with Crippen molar-refractivity contribution in [3.05, 3.63) is 24.3 Å². The smallest absolute Gasteiger partial charge is 0.179 e. The van der Waals surface area contributed by atoms with E-state index in [2.05, 4.69) is 0 Å². The van der Waals surface area contributed by atoms with Gasteiger partial charge in [0.2, 0.25) is 0 Å². The molecule has 90 valence electrons. The molecule has 0 fully saturated rings. The lowest BCUT2D eigenvalue weighted by Crippen LogP contribution is -2.07. The molecule has 5 heteroatoms. The Morgan fingerprint density at radius 2 is 2.00 bits per heavy atom. The minimum absolute atomic E-state index is 0.0484. The number of rotatable bonds is 6. The third-order valence-corrected chi connectivity index (χ3v) is 5.16. The van der Waals surface area contributed by atoms with Gasteiger partial charge in [0, 0.05) is 10.6 Å². The van der Waals surface area contributed by atoms with Gasteiger partial charge in [-0.05, 0) is 18.6 Å². The molecule has 0 saturated carbocycles. The summed E-state index contributed by atoms with van der Waals surface area (Å²) >= 11 is 1.37. The first-order valence-corrected chi connectivity index (χ1v) is 7.81. The Balaban J connectivity index is 3.03. The minimum Gasteiger partial charge on any atom is -0.396 e. The molecule has 0 aliphatic heterocycles. The highest BCUT2D eigenvalue weighted by atomic mass is 32.2. The molecule has 1 aromatic rings. The maximum atomic E-state index is 11.9. The molecule has 1 rings (SSSR count). The van der Waals surface area contributed by atoms with Crippen molar-refractivity contribution < 1.29 is 13.5 Å². The van der Waals surface area contributed by atoms with Gasteiger partial charge in [0.15, 0.2) is 9.84 Å². The summed E-state index contributed by atoms with van der Waals surface area (Å²) in [5.41, 5.74) is 0. The van der Waals surface area contributed by atoms with Crippen molar-refractivity contribution in [2.75, 3.05) is 18.1 Å². The van der Waals surface area contributed by atoms with E-state index in [0.717, 1.165) is 4.90 Å². The molecular weight excluding hydrogens is 244 g/mol. The lowest BCUT2D eigenvalue weighted by molar-refractivity contribution is 0.322. The number of aliphatic hydroxyl groups is 1. The van der Waals surface area contributed by atoms with Crippen LogP contribution in [-0.2, 0) is 9.84 Å². The Morgan fingerprint density at radius 1 is 1.31 bits per heavy atom. The Morgan fingerprint density at radius 3 is 2.62 bits per heavy atom. The van der Waals surface area contributed by atoms with Crippen molar-refractivity contribution in [2.45, 2.75) is 23.1 Å². The number of hydrogen-bond donors (Lipinski definition) is 1. The molecule has 1 N–H and O–H groups in total. The van der Waals surface area contributed by atoms with Crippen LogP contribution in [0.1, 0.15) is 13.3 Å². The van der Waals surface area contributed by atoms with Gasteiger partial charge >= 0.3 is 0 Å². The molecule has 0 aliphatic carbocycles. The highest BCUT2D eigenvalue weighted by molar-refractivity contribution is 8.00. The van der Waals surface area contributed by atoms with E-state index in [9.17, 15) is 8.42 Å². The van der Waals surface area contributed by atoms with Gasteiger partial charge in [-0.2, -0.15) is 0 Å². The maximum Gasteiger partial charge on any atom is 0.179 e. The summed E-state index contributed by atoms with van der Waals surface area (Å²) in [6, 6.07) is 6.95. The predicted molar refractivity (Wildman–Crippen MR) is 66.6 cm³/mol. The van der Waals surface area contributed by atoms with Crippen LogP contribution >= 0.6 is 11.8 Å². The first-order chi connectivity index (χ1) is 7.61. The van der Waals surface area contributed by atoms with E-state index < -0.39 is 9.84 Å². The zero-order chi connectivity index (χ0) is 12.0. The summed E-state index contributed by atoms with van der Waals surface area (Å²) in [7, 11) is -3.17. The Bertz CT molecular complexity index is 427. The zero-order valence-corrected chi connectivity index (χ0v) is 10.9. The summed E-state index contributed by atoms with van der Waals surface area (Å²) in [4.78, 5) is 1.11. The summed E-state index contributed by atoms with van der Waals surface area (Å²) in [5.74, 6) is 0.683. The van der Waals surface area contributed by atoms with E-state index in [1.165, 1.54) is 11.8 Å². The van der Waals surface area contributed by atoms with Gasteiger partial charge in [-0.3, -0.25) is 0 Å². The van der Waals surface area contributed by atoms with E-state index in [0.29, 0.717) is 17.1 Å². The van der Waals surface area contributed by atoms with Gasteiger partial charge in [0.05, 0.1) is 17.3 Å². The van der Waals surface area contributed by atoms with E-state index in [1.807, 2.05) is 13.0 Å². The van der Waals surface area contributed by atoms with Gasteiger partial charge in [-0.15, -0.1) is 11.8 Å².